The third-order valence-corrected chi connectivity index (χ3v) is 7.34. The Morgan fingerprint density at radius 2 is 2.15 bits per heavy atom. The number of hydrogen-bond donors (Lipinski definition) is 1. The first-order valence-corrected chi connectivity index (χ1v) is 11.5. The van der Waals surface area contributed by atoms with Crippen LogP contribution in [0.25, 0.3) is 0 Å². The van der Waals surface area contributed by atoms with Crippen LogP contribution in [0.3, 0.4) is 0 Å². The Labute approximate surface area is 195 Å². The number of benzene rings is 1. The molecule has 3 aliphatic rings. The first-order valence-electron chi connectivity index (χ1n) is 11.5. The van der Waals surface area contributed by atoms with Crippen LogP contribution in [0.5, 0.6) is 5.75 Å². The second-order valence-corrected chi connectivity index (χ2v) is 8.98. The molecule has 0 saturated carbocycles. The van der Waals surface area contributed by atoms with Crippen molar-refractivity contribution < 1.29 is 28.8 Å². The van der Waals surface area contributed by atoms with E-state index in [4.69, 9.17) is 23.9 Å². The normalized spacial score (nSPS) is 29.9. The lowest BCUT2D eigenvalue weighted by molar-refractivity contribution is -0.154. The smallest absolute Gasteiger partial charge is 0.303 e. The molecule has 0 aliphatic carbocycles. The quantitative estimate of drug-likeness (QED) is 0.381. The van der Waals surface area contributed by atoms with E-state index in [1.807, 2.05) is 18.2 Å². The van der Waals surface area contributed by atoms with Gasteiger partial charge in [0.2, 0.25) is 0 Å². The van der Waals surface area contributed by atoms with Crippen molar-refractivity contribution in [3.8, 4) is 5.75 Å². The molecule has 4 rings (SSSR count). The highest BCUT2D eigenvalue weighted by Gasteiger charge is 2.57. The molecule has 1 unspecified atom stereocenters. The Bertz CT molecular complexity index is 960. The van der Waals surface area contributed by atoms with Crippen LogP contribution < -0.4 is 4.74 Å². The van der Waals surface area contributed by atoms with Crippen molar-refractivity contribution in [3.63, 3.8) is 0 Å². The summed E-state index contributed by atoms with van der Waals surface area (Å²) in [6.45, 7) is 5.24. The van der Waals surface area contributed by atoms with Gasteiger partial charge in [0.1, 0.15) is 5.75 Å². The molecule has 180 valence electrons. The van der Waals surface area contributed by atoms with E-state index in [0.717, 1.165) is 42.0 Å². The Kier molecular flexibility index (Phi) is 6.79. The number of aliphatic hydroxyl groups is 1. The monoisotopic (exact) mass is 458 g/mol. The van der Waals surface area contributed by atoms with Gasteiger partial charge in [0, 0.05) is 39.1 Å². The zero-order chi connectivity index (χ0) is 23.8. The average molecular weight is 459 g/mol. The van der Waals surface area contributed by atoms with Gasteiger partial charge in [-0.2, -0.15) is 0 Å². The van der Waals surface area contributed by atoms with Crippen LogP contribution in [0.4, 0.5) is 5.69 Å². The van der Waals surface area contributed by atoms with Crippen molar-refractivity contribution in [3.05, 3.63) is 35.6 Å². The Morgan fingerprint density at radius 3 is 2.79 bits per heavy atom. The van der Waals surface area contributed by atoms with Crippen LogP contribution >= 0.6 is 0 Å². The molecular formula is C25H34N2O6. The van der Waals surface area contributed by atoms with Crippen molar-refractivity contribution in [1.82, 2.24) is 4.90 Å². The van der Waals surface area contributed by atoms with E-state index in [1.165, 1.54) is 14.0 Å². The molecule has 0 radical (unpaired) electrons. The Hall–Kier alpha value is -2.42. The third kappa shape index (κ3) is 3.94. The topological polar surface area (TPSA) is 89.8 Å². The van der Waals surface area contributed by atoms with Crippen LogP contribution in [0.2, 0.25) is 0 Å². The Morgan fingerprint density at radius 1 is 1.36 bits per heavy atom. The predicted molar refractivity (Wildman–Crippen MR) is 124 cm³/mol. The number of piperidine rings is 2. The lowest BCUT2D eigenvalue weighted by atomic mass is 9.70. The van der Waals surface area contributed by atoms with Gasteiger partial charge in [0.25, 0.3) is 0 Å². The Balaban J connectivity index is 1.78. The molecule has 8 heteroatoms. The zero-order valence-electron chi connectivity index (χ0n) is 20.0. The van der Waals surface area contributed by atoms with E-state index >= 15 is 0 Å². The van der Waals surface area contributed by atoms with Gasteiger partial charge in [-0.3, -0.25) is 14.7 Å². The van der Waals surface area contributed by atoms with E-state index in [1.54, 1.807) is 20.5 Å². The van der Waals surface area contributed by atoms with Crippen molar-refractivity contribution >= 4 is 17.4 Å². The molecule has 1 aromatic rings. The number of aliphatic hydroxyl groups excluding tert-OH is 1. The molecule has 0 spiro atoms. The molecular weight excluding hydrogens is 424 g/mol. The van der Waals surface area contributed by atoms with Gasteiger partial charge in [-0.05, 0) is 30.4 Å². The van der Waals surface area contributed by atoms with Gasteiger partial charge < -0.3 is 24.1 Å². The number of esters is 1. The van der Waals surface area contributed by atoms with Crippen LogP contribution in [0.15, 0.2) is 35.0 Å². The third-order valence-electron chi connectivity index (χ3n) is 7.34. The number of aliphatic imine (C=N–C) groups is 1. The maximum Gasteiger partial charge on any atom is 0.303 e. The SMILES string of the molecule is CC[C@@H]1CN2CC[C@@]3(OC(C)=O)C(=Nc4cccc(OC)c43)[C@@H]2C[C@@H]1/C(=C\OC)C(O)OC. The maximum atomic E-state index is 12.3. The molecule has 2 fully saturated rings. The highest BCUT2D eigenvalue weighted by atomic mass is 16.6. The lowest BCUT2D eigenvalue weighted by Gasteiger charge is -2.51. The van der Waals surface area contributed by atoms with Gasteiger partial charge in [0.05, 0.1) is 43.5 Å². The minimum Gasteiger partial charge on any atom is -0.504 e. The summed E-state index contributed by atoms with van der Waals surface area (Å²) in [5.74, 6) is 0.693. The van der Waals surface area contributed by atoms with E-state index in [9.17, 15) is 9.90 Å². The van der Waals surface area contributed by atoms with Crippen molar-refractivity contribution in [2.75, 3.05) is 34.4 Å². The number of ether oxygens (including phenoxy) is 4. The van der Waals surface area contributed by atoms with Crippen LogP contribution in [-0.2, 0) is 24.6 Å². The highest BCUT2D eigenvalue weighted by Crippen LogP contribution is 2.53. The number of methoxy groups -OCH3 is 3. The summed E-state index contributed by atoms with van der Waals surface area (Å²) in [5, 5.41) is 10.6. The fraction of sp³-hybridized carbons (Fsp3) is 0.600. The summed E-state index contributed by atoms with van der Waals surface area (Å²) >= 11 is 0. The molecule has 2 saturated heterocycles. The molecule has 0 bridgehead atoms. The standard InChI is InChI=1S/C25H34N2O6/c1-6-16-13-27-11-10-25(33-15(2)28)22-19(8-7-9-21(22)31-4)26-23(25)20(27)12-17(16)18(14-30-3)24(29)32-5/h7-9,14,16-17,20,24,29H,6,10-13H2,1-5H3/b18-14+/t16-,17+,20+,24?,25+/m1/s1. The fourth-order valence-electron chi connectivity index (χ4n) is 5.93. The molecule has 0 amide bonds. The molecule has 3 heterocycles. The summed E-state index contributed by atoms with van der Waals surface area (Å²) in [5.41, 5.74) is 2.24. The maximum absolute atomic E-state index is 12.3. The first-order chi connectivity index (χ1) is 15.9. The second kappa shape index (κ2) is 9.44. The van der Waals surface area contributed by atoms with Crippen molar-refractivity contribution in [2.24, 2.45) is 16.8 Å². The molecule has 33 heavy (non-hydrogen) atoms. The number of carbonyl (C=O) groups is 1. The van der Waals surface area contributed by atoms with E-state index < -0.39 is 11.9 Å². The molecule has 1 N–H and O–H groups in total. The number of hydrogen-bond acceptors (Lipinski definition) is 8. The van der Waals surface area contributed by atoms with E-state index in [0.29, 0.717) is 24.5 Å². The molecule has 8 nitrogen and oxygen atoms in total. The van der Waals surface area contributed by atoms with Gasteiger partial charge in [-0.1, -0.05) is 19.4 Å². The number of fused-ring (bicyclic) bond motifs is 5. The molecule has 1 aromatic carbocycles. The van der Waals surface area contributed by atoms with E-state index in [-0.39, 0.29) is 17.9 Å². The zero-order valence-corrected chi connectivity index (χ0v) is 20.0. The lowest BCUT2D eigenvalue weighted by Crippen LogP contribution is -2.61. The molecule has 0 aromatic heterocycles. The van der Waals surface area contributed by atoms with E-state index in [2.05, 4.69) is 11.8 Å². The second-order valence-electron chi connectivity index (χ2n) is 8.98. The summed E-state index contributed by atoms with van der Waals surface area (Å²) < 4.78 is 22.3. The van der Waals surface area contributed by atoms with Crippen molar-refractivity contribution in [2.45, 2.75) is 51.0 Å². The fourth-order valence-corrected chi connectivity index (χ4v) is 5.93. The van der Waals surface area contributed by atoms with Gasteiger partial charge >= 0.3 is 5.97 Å². The van der Waals surface area contributed by atoms with Crippen LogP contribution in [-0.4, -0.2) is 68.4 Å². The summed E-state index contributed by atoms with van der Waals surface area (Å²) in [6.07, 6.45) is 2.86. The summed E-state index contributed by atoms with van der Waals surface area (Å²) in [7, 11) is 4.69. The van der Waals surface area contributed by atoms with Gasteiger partial charge in [-0.15, -0.1) is 0 Å². The highest BCUT2D eigenvalue weighted by molar-refractivity contribution is 6.06. The van der Waals surface area contributed by atoms with Gasteiger partial charge in [0.15, 0.2) is 11.9 Å². The number of carbonyl (C=O) groups excluding carboxylic acids is 1. The number of nitrogens with zero attached hydrogens (tertiary/aromatic N) is 2. The largest absolute Gasteiger partial charge is 0.504 e. The van der Waals surface area contributed by atoms with Crippen molar-refractivity contribution in [1.29, 1.82) is 0 Å². The first kappa shape index (κ1) is 23.7. The predicted octanol–water partition coefficient (Wildman–Crippen LogP) is 3.16. The summed E-state index contributed by atoms with van der Waals surface area (Å²) in [4.78, 5) is 19.8. The average Bonchev–Trinajstić information content (AvgIpc) is 3.15. The number of rotatable bonds is 7. The minimum atomic E-state index is -1.04. The van der Waals surface area contributed by atoms with Gasteiger partial charge in [-0.25, -0.2) is 0 Å². The molecule has 5 atom stereocenters. The molecule has 3 aliphatic heterocycles. The van der Waals surface area contributed by atoms with Crippen LogP contribution in [0, 0.1) is 11.8 Å². The summed E-state index contributed by atoms with van der Waals surface area (Å²) in [6, 6.07) is 5.69. The minimum absolute atomic E-state index is 0.0348. The van der Waals surface area contributed by atoms with Crippen LogP contribution in [0.1, 0.15) is 38.7 Å².